The van der Waals surface area contributed by atoms with Gasteiger partial charge >= 0.3 is 0 Å². The molecule has 9 heteroatoms. The molecule has 33 heavy (non-hydrogen) atoms. The summed E-state index contributed by atoms with van der Waals surface area (Å²) < 4.78 is 36.3. The highest BCUT2D eigenvalue weighted by Gasteiger charge is 2.26. The van der Waals surface area contributed by atoms with Crippen LogP contribution in [0, 0.1) is 11.6 Å². The van der Waals surface area contributed by atoms with Gasteiger partial charge in [-0.2, -0.15) is 5.10 Å². The molecule has 0 saturated heterocycles. The first-order valence-electron chi connectivity index (χ1n) is 10.4. The molecule has 0 bridgehead atoms. The monoisotopic (exact) mass is 447 g/mol. The smallest absolute Gasteiger partial charge is 0.203 e. The fourth-order valence-corrected chi connectivity index (χ4v) is 3.99. The molecule has 1 unspecified atom stereocenters. The number of halogens is 2. The van der Waals surface area contributed by atoms with E-state index in [-0.39, 0.29) is 27.9 Å². The van der Waals surface area contributed by atoms with Gasteiger partial charge in [0.1, 0.15) is 46.6 Å². The van der Waals surface area contributed by atoms with Crippen LogP contribution < -0.4 is 10.7 Å². The van der Waals surface area contributed by atoms with Crippen molar-refractivity contribution in [2.24, 2.45) is 0 Å². The Morgan fingerprint density at radius 2 is 1.97 bits per heavy atom. The average molecular weight is 447 g/mol. The molecule has 0 radical (unpaired) electrons. The van der Waals surface area contributed by atoms with Crippen LogP contribution >= 0.6 is 0 Å². The van der Waals surface area contributed by atoms with E-state index < -0.39 is 23.1 Å². The van der Waals surface area contributed by atoms with Gasteiger partial charge in [0.25, 0.3) is 0 Å². The molecule has 5 rings (SSSR count). The van der Waals surface area contributed by atoms with Crippen LogP contribution in [0.2, 0.25) is 0 Å². The molecule has 0 spiro atoms. The second kappa shape index (κ2) is 8.09. The molecule has 0 amide bonds. The van der Waals surface area contributed by atoms with Crippen molar-refractivity contribution in [2.45, 2.75) is 19.9 Å². The maximum Gasteiger partial charge on any atom is 0.203 e. The van der Waals surface area contributed by atoms with Crippen molar-refractivity contribution >= 4 is 27.8 Å². The Labute approximate surface area is 186 Å². The van der Waals surface area contributed by atoms with Crippen LogP contribution in [0.25, 0.3) is 33.1 Å². The normalized spacial score (nSPS) is 12.4. The van der Waals surface area contributed by atoms with Gasteiger partial charge < -0.3 is 9.73 Å². The van der Waals surface area contributed by atoms with Crippen LogP contribution in [0.15, 0.2) is 64.2 Å². The van der Waals surface area contributed by atoms with Crippen molar-refractivity contribution in [2.75, 3.05) is 11.9 Å². The first-order chi connectivity index (χ1) is 16.0. The van der Waals surface area contributed by atoms with Gasteiger partial charge in [0.05, 0.1) is 17.1 Å². The summed E-state index contributed by atoms with van der Waals surface area (Å²) in [5.74, 6) is -0.372. The predicted octanol–water partition coefficient (Wildman–Crippen LogP) is 4.92. The number of benzene rings is 2. The topological polar surface area (TPSA) is 85.8 Å². The highest BCUT2D eigenvalue weighted by molar-refractivity contribution is 5.87. The molecule has 0 fully saturated rings. The molecule has 2 aromatic carbocycles. The molecular weight excluding hydrogens is 428 g/mol. The van der Waals surface area contributed by atoms with Gasteiger partial charge in [-0.3, -0.25) is 4.79 Å². The second-order valence-corrected chi connectivity index (χ2v) is 7.55. The molecule has 1 atom stereocenters. The Balaban J connectivity index is 1.79. The van der Waals surface area contributed by atoms with Crippen molar-refractivity contribution in [3.05, 3.63) is 82.6 Å². The lowest BCUT2D eigenvalue weighted by molar-refractivity contribution is 0.444. The second-order valence-electron chi connectivity index (χ2n) is 7.55. The van der Waals surface area contributed by atoms with Gasteiger partial charge in [-0.1, -0.05) is 18.2 Å². The number of nitrogens with zero attached hydrogens (tertiary/aromatic N) is 4. The van der Waals surface area contributed by atoms with E-state index in [2.05, 4.69) is 20.4 Å². The van der Waals surface area contributed by atoms with Crippen LogP contribution in [0.4, 0.5) is 14.6 Å². The summed E-state index contributed by atoms with van der Waals surface area (Å²) >= 11 is 0. The third kappa shape index (κ3) is 3.42. The lowest BCUT2D eigenvalue weighted by Crippen LogP contribution is -2.17. The highest BCUT2D eigenvalue weighted by Crippen LogP contribution is 2.33. The van der Waals surface area contributed by atoms with Crippen LogP contribution in [0.3, 0.4) is 0 Å². The van der Waals surface area contributed by atoms with Crippen molar-refractivity contribution in [1.82, 2.24) is 19.7 Å². The Hall–Kier alpha value is -4.14. The SMILES string of the molecule is CCNc1ncnc2c1cnn2C(C)c1oc2cccc(F)c2c(=O)c1-c1cccc(F)c1. The number of aromatic nitrogens is 4. The molecule has 0 aliphatic carbocycles. The summed E-state index contributed by atoms with van der Waals surface area (Å²) in [4.78, 5) is 22.1. The minimum atomic E-state index is -0.703. The first kappa shape index (κ1) is 20.7. The van der Waals surface area contributed by atoms with E-state index in [0.717, 1.165) is 0 Å². The number of anilines is 1. The molecule has 166 valence electrons. The number of nitrogens with one attached hydrogen (secondary N) is 1. The molecular formula is C24H19F2N5O2. The number of hydrogen-bond donors (Lipinski definition) is 1. The lowest BCUT2D eigenvalue weighted by atomic mass is 9.99. The molecule has 7 nitrogen and oxygen atoms in total. The maximum absolute atomic E-state index is 14.6. The summed E-state index contributed by atoms with van der Waals surface area (Å²) in [6.45, 7) is 4.41. The van der Waals surface area contributed by atoms with Crippen LogP contribution in [0.1, 0.15) is 25.6 Å². The summed E-state index contributed by atoms with van der Waals surface area (Å²) in [5.41, 5.74) is 0.405. The molecule has 3 aromatic heterocycles. The van der Waals surface area contributed by atoms with Crippen molar-refractivity contribution in [1.29, 1.82) is 0 Å². The van der Waals surface area contributed by atoms with E-state index in [9.17, 15) is 13.6 Å². The Bertz CT molecular complexity index is 1560. The zero-order chi connectivity index (χ0) is 23.1. The predicted molar refractivity (Wildman–Crippen MR) is 121 cm³/mol. The molecule has 0 aliphatic heterocycles. The zero-order valence-electron chi connectivity index (χ0n) is 17.8. The quantitative estimate of drug-likeness (QED) is 0.412. The van der Waals surface area contributed by atoms with E-state index in [1.165, 1.54) is 42.7 Å². The highest BCUT2D eigenvalue weighted by atomic mass is 19.1. The fraction of sp³-hybridized carbons (Fsp3) is 0.167. The fourth-order valence-electron chi connectivity index (χ4n) is 3.99. The Morgan fingerprint density at radius 1 is 1.15 bits per heavy atom. The molecule has 0 aliphatic rings. The van der Waals surface area contributed by atoms with E-state index in [1.807, 2.05) is 6.92 Å². The van der Waals surface area contributed by atoms with Gasteiger partial charge in [0, 0.05) is 6.54 Å². The summed E-state index contributed by atoms with van der Waals surface area (Å²) in [6, 6.07) is 9.14. The maximum atomic E-state index is 14.6. The van der Waals surface area contributed by atoms with E-state index in [1.54, 1.807) is 23.9 Å². The number of hydrogen-bond acceptors (Lipinski definition) is 6. The lowest BCUT2D eigenvalue weighted by Gasteiger charge is -2.17. The minimum absolute atomic E-state index is 0.0733. The first-order valence-corrected chi connectivity index (χ1v) is 10.4. The van der Waals surface area contributed by atoms with Crippen LogP contribution in [0.5, 0.6) is 0 Å². The van der Waals surface area contributed by atoms with Crippen molar-refractivity contribution in [3.8, 4) is 11.1 Å². The average Bonchev–Trinajstić information content (AvgIpc) is 3.24. The van der Waals surface area contributed by atoms with E-state index in [4.69, 9.17) is 4.42 Å². The van der Waals surface area contributed by atoms with Gasteiger partial charge in [-0.15, -0.1) is 0 Å². The summed E-state index contributed by atoms with van der Waals surface area (Å²) in [5, 5.41) is 8.14. The van der Waals surface area contributed by atoms with E-state index in [0.29, 0.717) is 23.4 Å². The minimum Gasteiger partial charge on any atom is -0.458 e. The number of rotatable bonds is 5. The Kier molecular flexibility index (Phi) is 5.08. The molecule has 0 saturated carbocycles. The molecule has 3 heterocycles. The van der Waals surface area contributed by atoms with Gasteiger partial charge in [-0.25, -0.2) is 23.4 Å². The molecule has 5 aromatic rings. The van der Waals surface area contributed by atoms with Gasteiger partial charge in [0.15, 0.2) is 5.65 Å². The van der Waals surface area contributed by atoms with Crippen LogP contribution in [-0.2, 0) is 0 Å². The van der Waals surface area contributed by atoms with Crippen LogP contribution in [-0.4, -0.2) is 26.3 Å². The summed E-state index contributed by atoms with van der Waals surface area (Å²) in [7, 11) is 0. The third-order valence-electron chi connectivity index (χ3n) is 5.49. The van der Waals surface area contributed by atoms with Gasteiger partial charge in [0.2, 0.25) is 5.43 Å². The third-order valence-corrected chi connectivity index (χ3v) is 5.49. The standard InChI is InChI=1S/C24H19F2N5O2/c1-3-27-23-16-11-30-31(24(16)29-12-28-23)13(2)22-19(14-6-4-7-15(25)10-14)21(32)20-17(26)8-5-9-18(20)33-22/h4-13H,3H2,1-2H3,(H,27,28,29). The largest absolute Gasteiger partial charge is 0.458 e. The number of fused-ring (bicyclic) bond motifs is 2. The summed E-state index contributed by atoms with van der Waals surface area (Å²) in [6.07, 6.45) is 3.05. The van der Waals surface area contributed by atoms with Gasteiger partial charge in [-0.05, 0) is 43.7 Å². The molecule has 1 N–H and O–H groups in total. The van der Waals surface area contributed by atoms with Crippen molar-refractivity contribution < 1.29 is 13.2 Å². The van der Waals surface area contributed by atoms with E-state index >= 15 is 0 Å². The Morgan fingerprint density at radius 3 is 2.76 bits per heavy atom. The zero-order valence-corrected chi connectivity index (χ0v) is 17.8. The van der Waals surface area contributed by atoms with Crippen molar-refractivity contribution in [3.63, 3.8) is 0 Å².